The molecular weight excluding hydrogens is 322 g/mol. The lowest BCUT2D eigenvalue weighted by atomic mass is 9.82. The molecule has 1 saturated heterocycles. The molecule has 0 aromatic rings. The van der Waals surface area contributed by atoms with Crippen LogP contribution >= 0.6 is 0 Å². The van der Waals surface area contributed by atoms with E-state index in [1.165, 1.54) is 45.1 Å². The second kappa shape index (κ2) is 8.18. The van der Waals surface area contributed by atoms with Crippen LogP contribution < -0.4 is 11.1 Å². The van der Waals surface area contributed by atoms with Gasteiger partial charge >= 0.3 is 0 Å². The second-order valence-corrected chi connectivity index (χ2v) is 10.4. The zero-order chi connectivity index (χ0) is 18.9. The maximum atomic E-state index is 12.9. The van der Waals surface area contributed by atoms with Crippen LogP contribution in [0.25, 0.3) is 0 Å². The van der Waals surface area contributed by atoms with Gasteiger partial charge in [-0.05, 0) is 55.8 Å². The molecule has 0 aromatic heterocycles. The summed E-state index contributed by atoms with van der Waals surface area (Å²) < 4.78 is 0. The summed E-state index contributed by atoms with van der Waals surface area (Å²) in [6.07, 6.45) is 10.2. The summed E-state index contributed by atoms with van der Waals surface area (Å²) in [5.41, 5.74) is 6.41. The molecule has 3 fully saturated rings. The summed E-state index contributed by atoms with van der Waals surface area (Å²) in [6.45, 7) is 11.3. The lowest BCUT2D eigenvalue weighted by molar-refractivity contribution is -0.125. The number of likely N-dealkylation sites (tertiary alicyclic amines) is 1. The number of hydrogen-bond donors (Lipinski definition) is 2. The van der Waals surface area contributed by atoms with Gasteiger partial charge in [0.2, 0.25) is 5.91 Å². The Labute approximate surface area is 160 Å². The average molecular weight is 364 g/mol. The monoisotopic (exact) mass is 363 g/mol. The number of carbonyl (C=O) groups is 1. The fraction of sp³-hybridized carbons (Fsp3) is 0.955. The van der Waals surface area contributed by atoms with Gasteiger partial charge in [-0.2, -0.15) is 0 Å². The molecule has 0 aromatic carbocycles. The highest BCUT2D eigenvalue weighted by Crippen LogP contribution is 2.42. The van der Waals surface area contributed by atoms with E-state index in [0.29, 0.717) is 12.0 Å². The Kier molecular flexibility index (Phi) is 6.33. The van der Waals surface area contributed by atoms with Crippen LogP contribution in [-0.2, 0) is 4.79 Å². The Bertz CT molecular complexity index is 480. The smallest absolute Gasteiger partial charge is 0.237 e. The molecule has 4 nitrogen and oxygen atoms in total. The van der Waals surface area contributed by atoms with Crippen molar-refractivity contribution in [3.05, 3.63) is 0 Å². The molecule has 1 heterocycles. The molecule has 2 aliphatic carbocycles. The topological polar surface area (TPSA) is 58.4 Å². The van der Waals surface area contributed by atoms with E-state index < -0.39 is 0 Å². The summed E-state index contributed by atoms with van der Waals surface area (Å²) in [6, 6.07) is 0.470. The first-order valence-corrected chi connectivity index (χ1v) is 11.1. The maximum absolute atomic E-state index is 12.9. The third kappa shape index (κ3) is 4.44. The van der Waals surface area contributed by atoms with Gasteiger partial charge in [0.15, 0.2) is 0 Å². The fourth-order valence-corrected chi connectivity index (χ4v) is 5.65. The molecule has 5 atom stereocenters. The summed E-state index contributed by atoms with van der Waals surface area (Å²) in [4.78, 5) is 15.5. The van der Waals surface area contributed by atoms with E-state index in [1.54, 1.807) is 0 Å². The molecule has 1 aliphatic heterocycles. The van der Waals surface area contributed by atoms with Gasteiger partial charge in [0.25, 0.3) is 0 Å². The van der Waals surface area contributed by atoms with E-state index in [9.17, 15) is 4.79 Å². The van der Waals surface area contributed by atoms with Crippen molar-refractivity contribution in [3.63, 3.8) is 0 Å². The van der Waals surface area contributed by atoms with Crippen LogP contribution in [0.15, 0.2) is 0 Å². The quantitative estimate of drug-likeness (QED) is 0.785. The van der Waals surface area contributed by atoms with Crippen molar-refractivity contribution in [2.75, 3.05) is 13.1 Å². The highest BCUT2D eigenvalue weighted by molar-refractivity contribution is 5.82. The Balaban J connectivity index is 1.60. The van der Waals surface area contributed by atoms with E-state index in [-0.39, 0.29) is 23.4 Å². The Hall–Kier alpha value is -0.610. The van der Waals surface area contributed by atoms with Crippen LogP contribution in [0.3, 0.4) is 0 Å². The van der Waals surface area contributed by atoms with E-state index in [2.05, 4.69) is 37.9 Å². The Morgan fingerprint density at radius 2 is 1.81 bits per heavy atom. The molecule has 3 rings (SSSR count). The van der Waals surface area contributed by atoms with Crippen molar-refractivity contribution in [1.29, 1.82) is 0 Å². The summed E-state index contributed by atoms with van der Waals surface area (Å²) in [7, 11) is 0. The van der Waals surface area contributed by atoms with Gasteiger partial charge in [0, 0.05) is 25.2 Å². The number of nitrogens with one attached hydrogen (secondary N) is 1. The zero-order valence-corrected chi connectivity index (χ0v) is 17.5. The van der Waals surface area contributed by atoms with Gasteiger partial charge in [-0.3, -0.25) is 9.69 Å². The third-order valence-electron chi connectivity index (χ3n) is 7.62. The summed E-state index contributed by atoms with van der Waals surface area (Å²) >= 11 is 0. The minimum Gasteiger partial charge on any atom is -0.350 e. The van der Waals surface area contributed by atoms with E-state index in [4.69, 9.17) is 5.73 Å². The lowest BCUT2D eigenvalue weighted by Crippen LogP contribution is -2.56. The second-order valence-electron chi connectivity index (χ2n) is 10.4. The molecule has 26 heavy (non-hydrogen) atoms. The number of nitrogens with two attached hydrogens (primary N) is 1. The van der Waals surface area contributed by atoms with Crippen LogP contribution in [0.5, 0.6) is 0 Å². The first-order chi connectivity index (χ1) is 12.3. The number of amides is 1. The predicted molar refractivity (Wildman–Crippen MR) is 108 cm³/mol. The van der Waals surface area contributed by atoms with Crippen molar-refractivity contribution in [2.24, 2.45) is 28.9 Å². The number of hydrogen-bond acceptors (Lipinski definition) is 3. The largest absolute Gasteiger partial charge is 0.350 e. The third-order valence-corrected chi connectivity index (χ3v) is 7.62. The van der Waals surface area contributed by atoms with Gasteiger partial charge in [-0.25, -0.2) is 0 Å². The van der Waals surface area contributed by atoms with Gasteiger partial charge in [0.1, 0.15) is 0 Å². The van der Waals surface area contributed by atoms with Gasteiger partial charge < -0.3 is 11.1 Å². The van der Waals surface area contributed by atoms with Crippen LogP contribution in [-0.4, -0.2) is 42.0 Å². The van der Waals surface area contributed by atoms with Gasteiger partial charge in [-0.1, -0.05) is 46.5 Å². The molecule has 2 saturated carbocycles. The van der Waals surface area contributed by atoms with Crippen molar-refractivity contribution in [2.45, 2.75) is 97.2 Å². The zero-order valence-electron chi connectivity index (χ0n) is 17.5. The Morgan fingerprint density at radius 1 is 1.12 bits per heavy atom. The summed E-state index contributed by atoms with van der Waals surface area (Å²) in [5.74, 6) is 2.19. The molecule has 4 heteroatoms. The average Bonchev–Trinajstić information content (AvgIpc) is 3.17. The van der Waals surface area contributed by atoms with Crippen molar-refractivity contribution in [3.8, 4) is 0 Å². The molecule has 0 radical (unpaired) electrons. The number of carbonyl (C=O) groups excluding carboxylic acids is 1. The van der Waals surface area contributed by atoms with Crippen LogP contribution in [0.2, 0.25) is 0 Å². The molecule has 1 amide bonds. The van der Waals surface area contributed by atoms with E-state index in [1.807, 2.05) is 0 Å². The minimum atomic E-state index is -0.337. The van der Waals surface area contributed by atoms with Crippen molar-refractivity contribution >= 4 is 5.91 Å². The van der Waals surface area contributed by atoms with Crippen LogP contribution in [0.1, 0.15) is 79.1 Å². The fourth-order valence-electron chi connectivity index (χ4n) is 5.65. The van der Waals surface area contributed by atoms with Crippen molar-refractivity contribution in [1.82, 2.24) is 10.2 Å². The summed E-state index contributed by atoms with van der Waals surface area (Å²) in [5, 5.41) is 3.36. The molecule has 0 bridgehead atoms. The first-order valence-electron chi connectivity index (χ1n) is 11.1. The van der Waals surface area contributed by atoms with Crippen molar-refractivity contribution < 1.29 is 4.79 Å². The normalized spacial score (nSPS) is 33.0. The van der Waals surface area contributed by atoms with Gasteiger partial charge in [0.05, 0.1) is 6.04 Å². The van der Waals surface area contributed by atoms with Crippen LogP contribution in [0, 0.1) is 23.2 Å². The molecule has 0 spiro atoms. The lowest BCUT2D eigenvalue weighted by Gasteiger charge is -2.38. The number of fused-ring (bicyclic) bond motifs is 1. The molecule has 3 aliphatic rings. The predicted octanol–water partition coefficient (Wildman–Crippen LogP) is 3.55. The molecule has 5 unspecified atom stereocenters. The minimum absolute atomic E-state index is 0.0410. The number of rotatable bonds is 5. The van der Waals surface area contributed by atoms with E-state index >= 15 is 0 Å². The molecule has 3 N–H and O–H groups in total. The van der Waals surface area contributed by atoms with Gasteiger partial charge in [-0.15, -0.1) is 0 Å². The standard InChI is InChI=1S/C22H41N3O/c1-15-18-12-8-11-17(18)13-25(15)14-19(22(2,3)4)24-21(26)20(23)16-9-6-5-7-10-16/h15-20H,5-14,23H2,1-4H3,(H,24,26). The highest BCUT2D eigenvalue weighted by Gasteiger charge is 2.43. The van der Waals surface area contributed by atoms with Crippen LogP contribution in [0.4, 0.5) is 0 Å². The Morgan fingerprint density at radius 3 is 2.42 bits per heavy atom. The first kappa shape index (κ1) is 20.1. The molecular formula is C22H41N3O. The maximum Gasteiger partial charge on any atom is 0.237 e. The van der Waals surface area contributed by atoms with E-state index in [0.717, 1.165) is 31.2 Å². The highest BCUT2D eigenvalue weighted by atomic mass is 16.2. The SMILES string of the molecule is CC1C2CCCC2CN1CC(NC(=O)C(N)C1CCCCC1)C(C)(C)C. The number of nitrogens with zero attached hydrogens (tertiary/aromatic N) is 1. The molecule has 150 valence electrons.